The van der Waals surface area contributed by atoms with Crippen LogP contribution in [0.1, 0.15) is 23.7 Å². The van der Waals surface area contributed by atoms with Gasteiger partial charge in [0.05, 0.1) is 34.0 Å². The fourth-order valence-electron chi connectivity index (χ4n) is 2.87. The molecule has 1 aromatic rings. The predicted molar refractivity (Wildman–Crippen MR) is 88.2 cm³/mol. The lowest BCUT2D eigenvalue weighted by Gasteiger charge is -2.23. The molecule has 2 unspecified atom stereocenters. The van der Waals surface area contributed by atoms with Crippen molar-refractivity contribution in [2.75, 3.05) is 34.5 Å². The van der Waals surface area contributed by atoms with Gasteiger partial charge in [-0.15, -0.1) is 0 Å². The lowest BCUT2D eigenvalue weighted by Crippen LogP contribution is -2.41. The first-order chi connectivity index (χ1) is 12.0. The molecule has 1 aliphatic heterocycles. The van der Waals surface area contributed by atoms with Crippen molar-refractivity contribution in [2.45, 2.75) is 25.5 Å². The molecule has 1 heterocycles. The molecule has 0 aromatic heterocycles. The van der Waals surface area contributed by atoms with Crippen LogP contribution in [-0.2, 0) is 9.53 Å². The zero-order valence-corrected chi connectivity index (χ0v) is 14.8. The van der Waals surface area contributed by atoms with Crippen LogP contribution in [0.3, 0.4) is 0 Å². The maximum absolute atomic E-state index is 12.9. The van der Waals surface area contributed by atoms with Crippen LogP contribution in [0, 0.1) is 0 Å². The minimum atomic E-state index is -0.818. The van der Waals surface area contributed by atoms with Crippen LogP contribution in [-0.4, -0.2) is 68.5 Å². The Labute approximate surface area is 146 Å². The number of carbonyl (C=O) groups is 2. The highest BCUT2D eigenvalue weighted by Crippen LogP contribution is 2.39. The lowest BCUT2D eigenvalue weighted by atomic mass is 10.1. The van der Waals surface area contributed by atoms with Gasteiger partial charge in [0.1, 0.15) is 6.04 Å². The monoisotopic (exact) mass is 353 g/mol. The van der Waals surface area contributed by atoms with E-state index in [9.17, 15) is 14.7 Å². The number of amides is 1. The van der Waals surface area contributed by atoms with Crippen LogP contribution in [0.5, 0.6) is 17.2 Å². The van der Waals surface area contributed by atoms with Gasteiger partial charge in [0.15, 0.2) is 11.5 Å². The summed E-state index contributed by atoms with van der Waals surface area (Å²) in [6.45, 7) is 1.95. The third kappa shape index (κ3) is 3.79. The van der Waals surface area contributed by atoms with E-state index in [1.807, 2.05) is 0 Å². The van der Waals surface area contributed by atoms with Gasteiger partial charge in [0.2, 0.25) is 5.75 Å². The second-order valence-electron chi connectivity index (χ2n) is 5.53. The molecule has 0 spiro atoms. The molecule has 25 heavy (non-hydrogen) atoms. The Kier molecular flexibility index (Phi) is 6.08. The van der Waals surface area contributed by atoms with Gasteiger partial charge in [-0.2, -0.15) is 0 Å². The van der Waals surface area contributed by atoms with E-state index in [2.05, 4.69) is 0 Å². The highest BCUT2D eigenvalue weighted by atomic mass is 16.5. The van der Waals surface area contributed by atoms with E-state index in [1.54, 1.807) is 6.92 Å². The van der Waals surface area contributed by atoms with Gasteiger partial charge in [-0.05, 0) is 19.1 Å². The summed E-state index contributed by atoms with van der Waals surface area (Å²) in [6.07, 6.45) is -0.630. The van der Waals surface area contributed by atoms with E-state index in [4.69, 9.17) is 18.9 Å². The molecule has 8 heteroatoms. The van der Waals surface area contributed by atoms with Crippen molar-refractivity contribution in [3.05, 3.63) is 17.7 Å². The molecule has 1 aliphatic rings. The molecule has 2 atom stereocenters. The quantitative estimate of drug-likeness (QED) is 0.758. The van der Waals surface area contributed by atoms with Crippen molar-refractivity contribution in [1.29, 1.82) is 0 Å². The molecule has 0 aliphatic carbocycles. The average Bonchev–Trinajstić information content (AvgIpc) is 3.01. The minimum Gasteiger partial charge on any atom is -0.493 e. The predicted octanol–water partition coefficient (Wildman–Crippen LogP) is 0.851. The number of benzene rings is 1. The van der Waals surface area contributed by atoms with Crippen LogP contribution in [0.15, 0.2) is 12.1 Å². The van der Waals surface area contributed by atoms with Gasteiger partial charge in [-0.3, -0.25) is 4.79 Å². The summed E-state index contributed by atoms with van der Waals surface area (Å²) in [5, 5.41) is 9.90. The zero-order valence-electron chi connectivity index (χ0n) is 14.8. The van der Waals surface area contributed by atoms with Crippen molar-refractivity contribution < 1.29 is 33.6 Å². The second-order valence-corrected chi connectivity index (χ2v) is 5.53. The van der Waals surface area contributed by atoms with Crippen LogP contribution >= 0.6 is 0 Å². The van der Waals surface area contributed by atoms with Gasteiger partial charge < -0.3 is 29.0 Å². The number of carbonyl (C=O) groups excluding carboxylic acids is 2. The second kappa shape index (κ2) is 8.06. The molecule has 8 nitrogen and oxygen atoms in total. The number of aliphatic hydroxyl groups is 1. The Hall–Kier alpha value is -2.48. The Morgan fingerprint density at radius 2 is 1.76 bits per heavy atom. The molecule has 0 saturated carbocycles. The van der Waals surface area contributed by atoms with Crippen molar-refractivity contribution in [1.82, 2.24) is 4.90 Å². The van der Waals surface area contributed by atoms with Crippen molar-refractivity contribution >= 4 is 11.9 Å². The highest BCUT2D eigenvalue weighted by molar-refractivity contribution is 5.98. The summed E-state index contributed by atoms with van der Waals surface area (Å²) in [5.74, 6) is 0.0777. The molecule has 138 valence electrons. The van der Waals surface area contributed by atoms with E-state index >= 15 is 0 Å². The molecule has 1 N–H and O–H groups in total. The van der Waals surface area contributed by atoms with Crippen LogP contribution in [0.2, 0.25) is 0 Å². The van der Waals surface area contributed by atoms with Gasteiger partial charge >= 0.3 is 5.97 Å². The Bertz CT molecular complexity index is 621. The summed E-state index contributed by atoms with van der Waals surface area (Å²) < 4.78 is 20.7. The zero-order chi connectivity index (χ0) is 18.6. The number of ether oxygens (including phenoxy) is 4. The number of likely N-dealkylation sites (tertiary alicyclic amines) is 1. The molecular weight excluding hydrogens is 330 g/mol. The number of nitrogens with zero attached hydrogens (tertiary/aromatic N) is 1. The smallest absolute Gasteiger partial charge is 0.328 e. The number of β-amino-alcohol motifs (C(OH)–C–C–N with tert-alkyl or cyclic N) is 1. The van der Waals surface area contributed by atoms with E-state index in [-0.39, 0.29) is 25.1 Å². The fraction of sp³-hybridized carbons (Fsp3) is 0.529. The molecule has 0 radical (unpaired) electrons. The standard InChI is InChI=1S/C17H23NO7/c1-5-25-17(21)12-8-11(19)9-18(12)16(20)10-6-13(22-2)15(24-4)14(7-10)23-3/h6-7,11-12,19H,5,8-9H2,1-4H3. The van der Waals surface area contributed by atoms with Gasteiger partial charge in [0.25, 0.3) is 5.91 Å². The van der Waals surface area contributed by atoms with Gasteiger partial charge in [0, 0.05) is 18.5 Å². The lowest BCUT2D eigenvalue weighted by molar-refractivity contribution is -0.147. The van der Waals surface area contributed by atoms with Crippen LogP contribution < -0.4 is 14.2 Å². The number of rotatable bonds is 6. The summed E-state index contributed by atoms with van der Waals surface area (Å²) in [4.78, 5) is 26.3. The summed E-state index contributed by atoms with van der Waals surface area (Å²) in [7, 11) is 4.37. The first kappa shape index (κ1) is 18.9. The van der Waals surface area contributed by atoms with Crippen LogP contribution in [0.4, 0.5) is 0 Å². The SMILES string of the molecule is CCOC(=O)C1CC(O)CN1C(=O)c1cc(OC)c(OC)c(OC)c1. The molecule has 2 rings (SSSR count). The number of methoxy groups -OCH3 is 3. The third-order valence-corrected chi connectivity index (χ3v) is 4.01. The Morgan fingerprint density at radius 3 is 2.24 bits per heavy atom. The maximum Gasteiger partial charge on any atom is 0.328 e. The minimum absolute atomic E-state index is 0.0545. The average molecular weight is 353 g/mol. The first-order valence-electron chi connectivity index (χ1n) is 7.92. The Morgan fingerprint density at radius 1 is 1.16 bits per heavy atom. The van der Waals surface area contributed by atoms with Gasteiger partial charge in [-0.25, -0.2) is 4.79 Å². The Balaban J connectivity index is 2.37. The van der Waals surface area contributed by atoms with E-state index < -0.39 is 24.0 Å². The number of hydrogen-bond donors (Lipinski definition) is 1. The van der Waals surface area contributed by atoms with E-state index in [0.717, 1.165) is 0 Å². The number of hydrogen-bond acceptors (Lipinski definition) is 7. The molecule has 1 aromatic carbocycles. The molecule has 1 fully saturated rings. The topological polar surface area (TPSA) is 94.5 Å². The maximum atomic E-state index is 12.9. The molecule has 1 amide bonds. The summed E-state index contributed by atoms with van der Waals surface area (Å²) in [6, 6.07) is 2.20. The van der Waals surface area contributed by atoms with Gasteiger partial charge in [-0.1, -0.05) is 0 Å². The van der Waals surface area contributed by atoms with Crippen molar-refractivity contribution in [3.63, 3.8) is 0 Å². The van der Waals surface area contributed by atoms with Crippen LogP contribution in [0.25, 0.3) is 0 Å². The third-order valence-electron chi connectivity index (χ3n) is 4.01. The number of aliphatic hydroxyl groups excluding tert-OH is 1. The van der Waals surface area contributed by atoms with Crippen molar-refractivity contribution in [2.24, 2.45) is 0 Å². The highest BCUT2D eigenvalue weighted by Gasteiger charge is 2.40. The van der Waals surface area contributed by atoms with Crippen molar-refractivity contribution in [3.8, 4) is 17.2 Å². The number of esters is 1. The fourth-order valence-corrected chi connectivity index (χ4v) is 2.87. The molecule has 1 saturated heterocycles. The first-order valence-corrected chi connectivity index (χ1v) is 7.92. The largest absolute Gasteiger partial charge is 0.493 e. The molecular formula is C17H23NO7. The van der Waals surface area contributed by atoms with E-state index in [1.165, 1.54) is 38.4 Å². The summed E-state index contributed by atoms with van der Waals surface area (Å²) >= 11 is 0. The van der Waals surface area contributed by atoms with E-state index in [0.29, 0.717) is 17.2 Å². The molecule has 0 bridgehead atoms. The normalized spacial score (nSPS) is 19.5. The summed E-state index contributed by atoms with van der Waals surface area (Å²) in [5.41, 5.74) is 0.262.